The molecule has 0 aliphatic heterocycles. The van der Waals surface area contributed by atoms with Gasteiger partial charge in [-0.15, -0.1) is 11.3 Å². The highest BCUT2D eigenvalue weighted by Crippen LogP contribution is 2.26. The lowest BCUT2D eigenvalue weighted by Crippen LogP contribution is -2.31. The van der Waals surface area contributed by atoms with E-state index in [2.05, 4.69) is 14.4 Å². The van der Waals surface area contributed by atoms with E-state index in [4.69, 9.17) is 5.73 Å². The van der Waals surface area contributed by atoms with Crippen LogP contribution < -0.4 is 15.2 Å². The first kappa shape index (κ1) is 13.3. The molecule has 4 N–H and O–H groups in total. The van der Waals surface area contributed by atoms with E-state index in [0.717, 1.165) is 24.1 Å². The quantitative estimate of drug-likeness (QED) is 0.734. The van der Waals surface area contributed by atoms with Gasteiger partial charge in [0.1, 0.15) is 0 Å². The highest BCUT2D eigenvalue weighted by atomic mass is 32.2. The zero-order valence-electron chi connectivity index (χ0n) is 10.5. The molecule has 1 aromatic heterocycles. The van der Waals surface area contributed by atoms with Crippen molar-refractivity contribution >= 4 is 32.4 Å². The summed E-state index contributed by atoms with van der Waals surface area (Å²) in [7, 11) is -3.52. The Kier molecular flexibility index (Phi) is 3.36. The number of nitrogens with one attached hydrogen (secondary N) is 2. The van der Waals surface area contributed by atoms with Crippen molar-refractivity contribution in [1.82, 2.24) is 9.71 Å². The van der Waals surface area contributed by atoms with E-state index >= 15 is 0 Å². The highest BCUT2D eigenvalue weighted by molar-refractivity contribution is 7.91. The fourth-order valence-electron chi connectivity index (χ4n) is 1.67. The van der Waals surface area contributed by atoms with Gasteiger partial charge in [-0.05, 0) is 25.0 Å². The van der Waals surface area contributed by atoms with E-state index in [1.807, 2.05) is 12.1 Å². The Morgan fingerprint density at radius 2 is 1.95 bits per heavy atom. The van der Waals surface area contributed by atoms with Crippen molar-refractivity contribution in [2.75, 3.05) is 10.5 Å². The predicted octanol–water partition coefficient (Wildman–Crippen LogP) is 1.80. The van der Waals surface area contributed by atoms with Gasteiger partial charge in [-0.25, -0.2) is 9.71 Å². The molecule has 1 aliphatic carbocycles. The molecule has 1 heterocycles. The number of rotatable bonds is 5. The van der Waals surface area contributed by atoms with E-state index in [1.54, 1.807) is 17.5 Å². The molecule has 0 bridgehead atoms. The number of hydrogen-bond donors (Lipinski definition) is 3. The number of nitrogens with zero attached hydrogens (tertiary/aromatic N) is 1. The summed E-state index contributed by atoms with van der Waals surface area (Å²) in [6, 6.07) is 7.35. The van der Waals surface area contributed by atoms with Crippen LogP contribution in [0.25, 0.3) is 11.3 Å². The third-order valence-corrected chi connectivity index (χ3v) is 4.82. The Balaban J connectivity index is 1.74. The average molecular weight is 310 g/mol. The summed E-state index contributed by atoms with van der Waals surface area (Å²) in [6.07, 6.45) is 1.80. The minimum atomic E-state index is -3.52. The van der Waals surface area contributed by atoms with Gasteiger partial charge in [0.25, 0.3) is 0 Å². The number of nitrogens with two attached hydrogens (primary N) is 1. The SMILES string of the molecule is Nc1ccc(-c2csc(NS(=O)(=O)NC3CC3)n2)cc1. The van der Waals surface area contributed by atoms with Crippen LogP contribution in [-0.4, -0.2) is 19.4 Å². The Labute approximate surface area is 121 Å². The number of thiazole rings is 1. The van der Waals surface area contributed by atoms with Crippen LogP contribution in [0.15, 0.2) is 29.6 Å². The summed E-state index contributed by atoms with van der Waals surface area (Å²) >= 11 is 1.25. The second-order valence-corrected chi connectivity index (χ2v) is 6.96. The fraction of sp³-hybridized carbons (Fsp3) is 0.250. The molecule has 106 valence electrons. The highest BCUT2D eigenvalue weighted by Gasteiger charge is 2.27. The molecule has 0 spiro atoms. The smallest absolute Gasteiger partial charge is 0.301 e. The van der Waals surface area contributed by atoms with Gasteiger partial charge >= 0.3 is 10.2 Å². The molecule has 8 heteroatoms. The number of hydrogen-bond acceptors (Lipinski definition) is 5. The lowest BCUT2D eigenvalue weighted by Gasteiger charge is -2.04. The van der Waals surface area contributed by atoms with Crippen LogP contribution in [0.1, 0.15) is 12.8 Å². The molecule has 1 saturated carbocycles. The second-order valence-electron chi connectivity index (χ2n) is 4.66. The zero-order valence-corrected chi connectivity index (χ0v) is 12.2. The molecule has 3 rings (SSSR count). The van der Waals surface area contributed by atoms with Gasteiger partial charge in [-0.2, -0.15) is 13.1 Å². The van der Waals surface area contributed by atoms with Crippen molar-refractivity contribution in [1.29, 1.82) is 0 Å². The Morgan fingerprint density at radius 1 is 1.25 bits per heavy atom. The average Bonchev–Trinajstić information content (AvgIpc) is 3.06. The van der Waals surface area contributed by atoms with E-state index < -0.39 is 10.2 Å². The first-order valence-electron chi connectivity index (χ1n) is 6.13. The maximum atomic E-state index is 11.8. The van der Waals surface area contributed by atoms with Gasteiger partial charge in [-0.1, -0.05) is 12.1 Å². The molecule has 0 unspecified atom stereocenters. The van der Waals surface area contributed by atoms with Crippen molar-refractivity contribution in [2.24, 2.45) is 0 Å². The summed E-state index contributed by atoms with van der Waals surface area (Å²) in [5.41, 5.74) is 7.93. The topological polar surface area (TPSA) is 97.1 Å². The molecule has 6 nitrogen and oxygen atoms in total. The molecule has 1 aliphatic rings. The van der Waals surface area contributed by atoms with E-state index in [1.165, 1.54) is 11.3 Å². The van der Waals surface area contributed by atoms with Crippen LogP contribution in [0.4, 0.5) is 10.8 Å². The molecule has 0 saturated heterocycles. The van der Waals surface area contributed by atoms with Crippen LogP contribution in [0.2, 0.25) is 0 Å². The van der Waals surface area contributed by atoms with Crippen molar-refractivity contribution in [3.05, 3.63) is 29.6 Å². The first-order valence-corrected chi connectivity index (χ1v) is 8.50. The zero-order chi connectivity index (χ0) is 14.2. The van der Waals surface area contributed by atoms with Gasteiger partial charge in [-0.3, -0.25) is 0 Å². The Hall–Kier alpha value is -1.64. The molecule has 0 amide bonds. The monoisotopic (exact) mass is 310 g/mol. The molecule has 0 radical (unpaired) electrons. The normalized spacial score (nSPS) is 15.2. The van der Waals surface area contributed by atoms with E-state index in [9.17, 15) is 8.42 Å². The summed E-state index contributed by atoms with van der Waals surface area (Å²) < 4.78 is 28.5. The van der Waals surface area contributed by atoms with Gasteiger partial charge in [0.05, 0.1) is 5.69 Å². The van der Waals surface area contributed by atoms with Crippen LogP contribution in [0.5, 0.6) is 0 Å². The lowest BCUT2D eigenvalue weighted by molar-refractivity contribution is 0.586. The summed E-state index contributed by atoms with van der Waals surface area (Å²) in [6.45, 7) is 0. The van der Waals surface area contributed by atoms with Gasteiger partial charge < -0.3 is 5.73 Å². The molecule has 2 aromatic rings. The maximum Gasteiger partial charge on any atom is 0.301 e. The first-order chi connectivity index (χ1) is 9.52. The summed E-state index contributed by atoms with van der Waals surface area (Å²) in [4.78, 5) is 4.27. The number of aromatic nitrogens is 1. The standard InChI is InChI=1S/C12H14N4O2S2/c13-9-3-1-8(2-4-9)11-7-19-12(14-11)16-20(17,18)15-10-5-6-10/h1-4,7,10,15H,5-6,13H2,(H,14,16). The molecular weight excluding hydrogens is 296 g/mol. The second kappa shape index (κ2) is 5.04. The number of benzene rings is 1. The third-order valence-electron chi connectivity index (χ3n) is 2.83. The minimum Gasteiger partial charge on any atom is -0.399 e. The van der Waals surface area contributed by atoms with Crippen LogP contribution in [0.3, 0.4) is 0 Å². The largest absolute Gasteiger partial charge is 0.399 e. The summed E-state index contributed by atoms with van der Waals surface area (Å²) in [5.74, 6) is 0. The fourth-order valence-corrected chi connectivity index (χ4v) is 3.77. The number of nitrogen functional groups attached to an aromatic ring is 1. The molecule has 20 heavy (non-hydrogen) atoms. The van der Waals surface area contributed by atoms with Crippen LogP contribution >= 0.6 is 11.3 Å². The molecule has 1 aromatic carbocycles. The van der Waals surface area contributed by atoms with Crippen molar-refractivity contribution in [3.63, 3.8) is 0 Å². The van der Waals surface area contributed by atoms with Gasteiger partial charge in [0.15, 0.2) is 5.13 Å². The van der Waals surface area contributed by atoms with Crippen molar-refractivity contribution in [3.8, 4) is 11.3 Å². The Morgan fingerprint density at radius 3 is 2.60 bits per heavy atom. The number of anilines is 2. The van der Waals surface area contributed by atoms with E-state index in [0.29, 0.717) is 10.8 Å². The lowest BCUT2D eigenvalue weighted by atomic mass is 10.2. The maximum absolute atomic E-state index is 11.8. The van der Waals surface area contributed by atoms with E-state index in [-0.39, 0.29) is 6.04 Å². The Bertz CT molecular complexity index is 705. The molecule has 1 fully saturated rings. The molecule has 0 atom stereocenters. The van der Waals surface area contributed by atoms with Gasteiger partial charge in [0, 0.05) is 22.7 Å². The predicted molar refractivity (Wildman–Crippen MR) is 80.7 cm³/mol. The minimum absolute atomic E-state index is 0.0732. The van der Waals surface area contributed by atoms with Gasteiger partial charge in [0.2, 0.25) is 0 Å². The van der Waals surface area contributed by atoms with Crippen molar-refractivity contribution < 1.29 is 8.42 Å². The van der Waals surface area contributed by atoms with Crippen LogP contribution in [-0.2, 0) is 10.2 Å². The third kappa shape index (κ3) is 3.27. The van der Waals surface area contributed by atoms with Crippen molar-refractivity contribution in [2.45, 2.75) is 18.9 Å². The molecular formula is C12H14N4O2S2. The van der Waals surface area contributed by atoms with Crippen LogP contribution in [0, 0.1) is 0 Å². The summed E-state index contributed by atoms with van der Waals surface area (Å²) in [5, 5.41) is 2.16.